The zero-order valence-electron chi connectivity index (χ0n) is 15.7. The Kier molecular flexibility index (Phi) is 5.82. The normalized spacial score (nSPS) is 29.2. The average molecular weight is 348 g/mol. The maximum Gasteiger partial charge on any atom is 0.222 e. The first-order valence-corrected chi connectivity index (χ1v) is 9.92. The molecule has 25 heavy (non-hydrogen) atoms. The lowest BCUT2D eigenvalue weighted by atomic mass is 9.86. The van der Waals surface area contributed by atoms with Crippen molar-refractivity contribution >= 4 is 11.8 Å². The molecule has 1 atom stereocenters. The Morgan fingerprint density at radius 3 is 2.72 bits per heavy atom. The first-order valence-electron chi connectivity index (χ1n) is 9.92. The van der Waals surface area contributed by atoms with Crippen molar-refractivity contribution in [2.45, 2.75) is 56.9 Å². The van der Waals surface area contributed by atoms with E-state index in [1.807, 2.05) is 4.90 Å². The number of nitrogens with zero attached hydrogens (tertiary/aromatic N) is 3. The summed E-state index contributed by atoms with van der Waals surface area (Å²) in [6, 6.07) is 0. The van der Waals surface area contributed by atoms with Crippen molar-refractivity contribution in [3.63, 3.8) is 0 Å². The van der Waals surface area contributed by atoms with Gasteiger partial charge in [0.15, 0.2) is 0 Å². The quantitative estimate of drug-likeness (QED) is 0.733. The molecule has 2 amide bonds. The van der Waals surface area contributed by atoms with Gasteiger partial charge in [0, 0.05) is 51.1 Å². The Balaban J connectivity index is 1.66. The second kappa shape index (κ2) is 7.90. The third-order valence-electron chi connectivity index (χ3n) is 6.64. The van der Waals surface area contributed by atoms with Crippen LogP contribution in [0, 0.1) is 5.92 Å². The number of hydrogen-bond acceptors (Lipinski definition) is 3. The molecule has 140 valence electrons. The van der Waals surface area contributed by atoms with Crippen LogP contribution in [0.1, 0.15) is 51.4 Å². The van der Waals surface area contributed by atoms with Crippen molar-refractivity contribution < 1.29 is 9.59 Å². The van der Waals surface area contributed by atoms with Crippen molar-refractivity contribution in [3.8, 4) is 0 Å². The molecule has 1 saturated carbocycles. The van der Waals surface area contributed by atoms with Crippen LogP contribution in [-0.2, 0) is 9.59 Å². The predicted molar refractivity (Wildman–Crippen MR) is 99.1 cm³/mol. The van der Waals surface area contributed by atoms with Gasteiger partial charge in [-0.15, -0.1) is 6.58 Å². The molecule has 0 bridgehead atoms. The predicted octanol–water partition coefficient (Wildman–Crippen LogP) is 2.28. The van der Waals surface area contributed by atoms with Crippen LogP contribution in [0.4, 0.5) is 0 Å². The van der Waals surface area contributed by atoms with E-state index >= 15 is 0 Å². The van der Waals surface area contributed by atoms with Crippen LogP contribution in [0.25, 0.3) is 0 Å². The summed E-state index contributed by atoms with van der Waals surface area (Å²) in [6.45, 7) is 7.68. The fourth-order valence-corrected chi connectivity index (χ4v) is 4.85. The highest BCUT2D eigenvalue weighted by atomic mass is 16.2. The smallest absolute Gasteiger partial charge is 0.222 e. The molecule has 0 aromatic heterocycles. The van der Waals surface area contributed by atoms with Crippen molar-refractivity contribution in [2.24, 2.45) is 5.92 Å². The van der Waals surface area contributed by atoms with Gasteiger partial charge in [-0.2, -0.15) is 0 Å². The first-order chi connectivity index (χ1) is 12.0. The largest absolute Gasteiger partial charge is 0.340 e. The SMILES string of the molecule is C=CCN1CC[C@]2(CCC1=O)CN(C(=O)CC1CCCC1)CCN2C. The van der Waals surface area contributed by atoms with Gasteiger partial charge in [-0.1, -0.05) is 18.9 Å². The Morgan fingerprint density at radius 2 is 2.00 bits per heavy atom. The van der Waals surface area contributed by atoms with Gasteiger partial charge >= 0.3 is 0 Å². The number of carbonyl (C=O) groups is 2. The van der Waals surface area contributed by atoms with E-state index in [1.165, 1.54) is 25.7 Å². The number of piperazine rings is 1. The van der Waals surface area contributed by atoms with Gasteiger partial charge in [-0.3, -0.25) is 14.5 Å². The third-order valence-corrected chi connectivity index (χ3v) is 6.64. The zero-order chi connectivity index (χ0) is 17.9. The fourth-order valence-electron chi connectivity index (χ4n) is 4.85. The van der Waals surface area contributed by atoms with Crippen LogP contribution >= 0.6 is 0 Å². The molecule has 5 heteroatoms. The molecule has 0 N–H and O–H groups in total. The second-order valence-corrected chi connectivity index (χ2v) is 8.19. The van der Waals surface area contributed by atoms with Crippen molar-refractivity contribution in [2.75, 3.05) is 39.8 Å². The molecule has 1 aliphatic carbocycles. The highest BCUT2D eigenvalue weighted by Gasteiger charge is 2.43. The molecule has 0 unspecified atom stereocenters. The molecular formula is C20H33N3O2. The molecule has 2 aliphatic heterocycles. The molecular weight excluding hydrogens is 314 g/mol. The third kappa shape index (κ3) is 4.08. The summed E-state index contributed by atoms with van der Waals surface area (Å²) in [5.74, 6) is 1.15. The highest BCUT2D eigenvalue weighted by Crippen LogP contribution is 2.33. The first kappa shape index (κ1) is 18.4. The Morgan fingerprint density at radius 1 is 1.24 bits per heavy atom. The molecule has 3 rings (SSSR count). The fraction of sp³-hybridized carbons (Fsp3) is 0.800. The van der Waals surface area contributed by atoms with Gasteiger partial charge < -0.3 is 9.80 Å². The average Bonchev–Trinajstić information content (AvgIpc) is 3.06. The molecule has 3 fully saturated rings. The molecule has 1 spiro atoms. The number of likely N-dealkylation sites (tertiary alicyclic amines) is 1. The summed E-state index contributed by atoms with van der Waals surface area (Å²) in [6.07, 6.45) is 9.89. The van der Waals surface area contributed by atoms with E-state index in [-0.39, 0.29) is 11.4 Å². The van der Waals surface area contributed by atoms with Crippen LogP contribution in [0.5, 0.6) is 0 Å². The Labute approximate surface area is 152 Å². The van der Waals surface area contributed by atoms with E-state index in [0.29, 0.717) is 24.8 Å². The number of likely N-dealkylation sites (N-methyl/N-ethyl adjacent to an activating group) is 1. The summed E-state index contributed by atoms with van der Waals surface area (Å²) in [5, 5.41) is 0. The maximum absolute atomic E-state index is 12.8. The molecule has 0 aromatic carbocycles. The minimum Gasteiger partial charge on any atom is -0.340 e. The minimum atomic E-state index is -0.0465. The lowest BCUT2D eigenvalue weighted by Crippen LogP contribution is -2.62. The topological polar surface area (TPSA) is 43.9 Å². The minimum absolute atomic E-state index is 0.0465. The molecule has 2 saturated heterocycles. The molecule has 0 radical (unpaired) electrons. The highest BCUT2D eigenvalue weighted by molar-refractivity contribution is 5.78. The van der Waals surface area contributed by atoms with Crippen LogP contribution in [0.3, 0.4) is 0 Å². The number of rotatable bonds is 4. The van der Waals surface area contributed by atoms with Crippen LogP contribution < -0.4 is 0 Å². The van der Waals surface area contributed by atoms with E-state index in [9.17, 15) is 9.59 Å². The number of hydrogen-bond donors (Lipinski definition) is 0. The summed E-state index contributed by atoms with van der Waals surface area (Å²) in [4.78, 5) is 31.6. The van der Waals surface area contributed by atoms with Crippen molar-refractivity contribution in [1.29, 1.82) is 0 Å². The van der Waals surface area contributed by atoms with Crippen LogP contribution in [-0.4, -0.2) is 71.8 Å². The van der Waals surface area contributed by atoms with E-state index in [2.05, 4.69) is 23.4 Å². The number of amides is 2. The monoisotopic (exact) mass is 347 g/mol. The van der Waals surface area contributed by atoms with Gasteiger partial charge in [0.05, 0.1) is 0 Å². The van der Waals surface area contributed by atoms with Crippen LogP contribution in [0.2, 0.25) is 0 Å². The molecule has 3 aliphatic rings. The standard InChI is InChI=1S/C20H33N3O2/c1-3-11-22-12-10-20(9-8-18(22)24)16-23(14-13-21(20)2)19(25)15-17-6-4-5-7-17/h3,17H,1,4-16H2,2H3/t20-/m1/s1. The molecule has 0 aromatic rings. The molecule has 2 heterocycles. The lowest BCUT2D eigenvalue weighted by molar-refractivity contribution is -0.137. The van der Waals surface area contributed by atoms with E-state index in [1.54, 1.807) is 6.08 Å². The van der Waals surface area contributed by atoms with E-state index < -0.39 is 0 Å². The van der Waals surface area contributed by atoms with Gasteiger partial charge in [-0.05, 0) is 38.6 Å². The maximum atomic E-state index is 12.8. The van der Waals surface area contributed by atoms with Crippen molar-refractivity contribution in [3.05, 3.63) is 12.7 Å². The van der Waals surface area contributed by atoms with Gasteiger partial charge in [0.2, 0.25) is 11.8 Å². The summed E-state index contributed by atoms with van der Waals surface area (Å²) < 4.78 is 0. The van der Waals surface area contributed by atoms with E-state index in [4.69, 9.17) is 0 Å². The summed E-state index contributed by atoms with van der Waals surface area (Å²) >= 11 is 0. The zero-order valence-corrected chi connectivity index (χ0v) is 15.7. The van der Waals surface area contributed by atoms with Gasteiger partial charge in [-0.25, -0.2) is 0 Å². The Hall–Kier alpha value is -1.36. The Bertz CT molecular complexity index is 515. The lowest BCUT2D eigenvalue weighted by Gasteiger charge is -2.49. The molecule has 5 nitrogen and oxygen atoms in total. The van der Waals surface area contributed by atoms with Gasteiger partial charge in [0.1, 0.15) is 0 Å². The number of carbonyl (C=O) groups excluding carboxylic acids is 2. The summed E-state index contributed by atoms with van der Waals surface area (Å²) in [5.41, 5.74) is -0.0465. The van der Waals surface area contributed by atoms with Crippen molar-refractivity contribution in [1.82, 2.24) is 14.7 Å². The van der Waals surface area contributed by atoms with E-state index in [0.717, 1.165) is 45.4 Å². The van der Waals surface area contributed by atoms with Gasteiger partial charge in [0.25, 0.3) is 0 Å². The second-order valence-electron chi connectivity index (χ2n) is 8.19. The van der Waals surface area contributed by atoms with Crippen LogP contribution in [0.15, 0.2) is 12.7 Å². The summed E-state index contributed by atoms with van der Waals surface area (Å²) in [7, 11) is 2.16.